The van der Waals surface area contributed by atoms with Crippen LogP contribution in [0.1, 0.15) is 25.7 Å². The zero-order chi connectivity index (χ0) is 12.6. The van der Waals surface area contributed by atoms with Gasteiger partial charge in [-0.2, -0.15) is 0 Å². The second-order valence-electron chi connectivity index (χ2n) is 4.90. The van der Waals surface area contributed by atoms with Crippen molar-refractivity contribution < 1.29 is 8.42 Å². The van der Waals surface area contributed by atoms with Crippen LogP contribution in [-0.4, -0.2) is 37.8 Å². The number of anilines is 1. The molecule has 2 heterocycles. The van der Waals surface area contributed by atoms with E-state index in [0.717, 1.165) is 37.4 Å². The van der Waals surface area contributed by atoms with Gasteiger partial charge in [-0.05, 0) is 25.7 Å². The summed E-state index contributed by atoms with van der Waals surface area (Å²) in [6.45, 7) is 1.49. The van der Waals surface area contributed by atoms with Crippen LogP contribution in [0.15, 0.2) is 11.6 Å². The maximum absolute atomic E-state index is 11.8. The minimum atomic E-state index is -3.06. The molecule has 18 heavy (non-hydrogen) atoms. The van der Waals surface area contributed by atoms with E-state index in [-0.39, 0.29) is 11.3 Å². The molecule has 3 rings (SSSR count). The maximum atomic E-state index is 11.8. The fourth-order valence-electron chi connectivity index (χ4n) is 2.37. The van der Waals surface area contributed by atoms with Gasteiger partial charge in [-0.15, -0.1) is 11.3 Å². The van der Waals surface area contributed by atoms with Crippen LogP contribution in [-0.2, 0) is 10.0 Å². The molecule has 0 spiro atoms. The van der Waals surface area contributed by atoms with Gasteiger partial charge in [0.2, 0.25) is 10.0 Å². The van der Waals surface area contributed by atoms with E-state index in [1.54, 1.807) is 17.5 Å². The van der Waals surface area contributed by atoms with Crippen molar-refractivity contribution in [3.63, 3.8) is 0 Å². The smallest absolute Gasteiger partial charge is 0.214 e. The van der Waals surface area contributed by atoms with Gasteiger partial charge in [-0.25, -0.2) is 18.1 Å². The lowest BCUT2D eigenvalue weighted by molar-refractivity contribution is 0.566. The number of sulfonamides is 1. The van der Waals surface area contributed by atoms with Crippen LogP contribution in [0, 0.1) is 0 Å². The Morgan fingerprint density at radius 3 is 2.94 bits per heavy atom. The highest BCUT2D eigenvalue weighted by Gasteiger charge is 2.36. The molecule has 1 aromatic rings. The predicted molar refractivity (Wildman–Crippen MR) is 72.4 cm³/mol. The normalized spacial score (nSPS) is 24.7. The molecule has 0 radical (unpaired) electrons. The summed E-state index contributed by atoms with van der Waals surface area (Å²) in [5.41, 5.74) is 0. The van der Waals surface area contributed by atoms with Gasteiger partial charge in [0.15, 0.2) is 5.13 Å². The lowest BCUT2D eigenvalue weighted by Crippen LogP contribution is -2.41. The Morgan fingerprint density at radius 1 is 1.44 bits per heavy atom. The molecule has 2 aliphatic rings. The third-order valence-electron chi connectivity index (χ3n) is 3.53. The highest BCUT2D eigenvalue weighted by molar-refractivity contribution is 7.90. The summed E-state index contributed by atoms with van der Waals surface area (Å²) in [5, 5.41) is 2.83. The van der Waals surface area contributed by atoms with E-state index >= 15 is 0 Å². The van der Waals surface area contributed by atoms with Crippen LogP contribution in [0.4, 0.5) is 5.13 Å². The van der Waals surface area contributed by atoms with Crippen LogP contribution in [0.5, 0.6) is 0 Å². The molecule has 1 saturated carbocycles. The van der Waals surface area contributed by atoms with Crippen molar-refractivity contribution in [1.82, 2.24) is 9.71 Å². The second-order valence-corrected chi connectivity index (χ2v) is 7.82. The molecule has 1 N–H and O–H groups in total. The SMILES string of the molecule is O=S(=O)(NC[C@H]1CCCN1c1nccs1)C1CC1. The van der Waals surface area contributed by atoms with Crippen LogP contribution >= 0.6 is 11.3 Å². The van der Waals surface area contributed by atoms with Crippen molar-refractivity contribution in [3.8, 4) is 0 Å². The average molecular weight is 287 g/mol. The summed E-state index contributed by atoms with van der Waals surface area (Å²) in [7, 11) is -3.06. The summed E-state index contributed by atoms with van der Waals surface area (Å²) in [5.74, 6) is 0. The molecule has 2 fully saturated rings. The minimum Gasteiger partial charge on any atom is -0.344 e. The maximum Gasteiger partial charge on any atom is 0.214 e. The number of hydrogen-bond donors (Lipinski definition) is 1. The van der Waals surface area contributed by atoms with Gasteiger partial charge >= 0.3 is 0 Å². The van der Waals surface area contributed by atoms with Crippen molar-refractivity contribution in [3.05, 3.63) is 11.6 Å². The predicted octanol–water partition coefficient (Wildman–Crippen LogP) is 1.19. The van der Waals surface area contributed by atoms with E-state index < -0.39 is 10.0 Å². The van der Waals surface area contributed by atoms with E-state index in [2.05, 4.69) is 14.6 Å². The number of thiazole rings is 1. The fourth-order valence-corrected chi connectivity index (χ4v) is 4.52. The van der Waals surface area contributed by atoms with E-state index in [9.17, 15) is 8.42 Å². The summed E-state index contributed by atoms with van der Waals surface area (Å²) in [4.78, 5) is 6.53. The Labute approximate surface area is 111 Å². The van der Waals surface area contributed by atoms with E-state index in [1.165, 1.54) is 0 Å². The first-order valence-electron chi connectivity index (χ1n) is 6.31. The molecule has 1 saturated heterocycles. The molecule has 5 nitrogen and oxygen atoms in total. The molecule has 1 aliphatic heterocycles. The molecule has 1 aliphatic carbocycles. The van der Waals surface area contributed by atoms with Crippen molar-refractivity contribution >= 4 is 26.5 Å². The van der Waals surface area contributed by atoms with Crippen molar-refractivity contribution in [2.75, 3.05) is 18.0 Å². The van der Waals surface area contributed by atoms with Gasteiger partial charge in [0.1, 0.15) is 0 Å². The van der Waals surface area contributed by atoms with Crippen LogP contribution < -0.4 is 9.62 Å². The van der Waals surface area contributed by atoms with E-state index in [1.807, 2.05) is 5.38 Å². The van der Waals surface area contributed by atoms with Gasteiger partial charge < -0.3 is 4.90 Å². The zero-order valence-corrected chi connectivity index (χ0v) is 11.7. The van der Waals surface area contributed by atoms with Crippen LogP contribution in [0.2, 0.25) is 0 Å². The number of hydrogen-bond acceptors (Lipinski definition) is 5. The quantitative estimate of drug-likeness (QED) is 0.884. The summed E-state index contributed by atoms with van der Waals surface area (Å²) >= 11 is 1.61. The molecular formula is C11H17N3O2S2. The molecule has 100 valence electrons. The molecule has 0 amide bonds. The second kappa shape index (κ2) is 4.79. The highest BCUT2D eigenvalue weighted by Crippen LogP contribution is 2.29. The van der Waals surface area contributed by atoms with Crippen LogP contribution in [0.3, 0.4) is 0 Å². The van der Waals surface area contributed by atoms with E-state index in [4.69, 9.17) is 0 Å². The third-order valence-corrected chi connectivity index (χ3v) is 6.25. The molecule has 0 bridgehead atoms. The number of nitrogens with one attached hydrogen (secondary N) is 1. The van der Waals surface area contributed by atoms with Gasteiger partial charge in [0, 0.05) is 30.7 Å². The van der Waals surface area contributed by atoms with Crippen molar-refractivity contribution in [2.24, 2.45) is 0 Å². The molecule has 1 atom stereocenters. The monoisotopic (exact) mass is 287 g/mol. The lowest BCUT2D eigenvalue weighted by Gasteiger charge is -2.24. The minimum absolute atomic E-state index is 0.132. The summed E-state index contributed by atoms with van der Waals surface area (Å²) in [6.07, 6.45) is 5.57. The van der Waals surface area contributed by atoms with Gasteiger partial charge in [0.05, 0.1) is 5.25 Å². The molecule has 1 aromatic heterocycles. The molecular weight excluding hydrogens is 270 g/mol. The zero-order valence-electron chi connectivity index (χ0n) is 10.1. The Bertz CT molecular complexity index is 496. The lowest BCUT2D eigenvalue weighted by atomic mass is 10.2. The number of aromatic nitrogens is 1. The van der Waals surface area contributed by atoms with E-state index in [0.29, 0.717) is 6.54 Å². The first-order chi connectivity index (χ1) is 8.67. The molecule has 0 unspecified atom stereocenters. The topological polar surface area (TPSA) is 62.3 Å². The molecule has 0 aromatic carbocycles. The Kier molecular flexibility index (Phi) is 3.29. The standard InChI is InChI=1S/C11H17N3O2S2/c15-18(16,10-3-4-10)13-8-9-2-1-6-14(9)11-12-5-7-17-11/h5,7,9-10,13H,1-4,6,8H2/t9-/m1/s1. The van der Waals surface area contributed by atoms with Crippen molar-refractivity contribution in [2.45, 2.75) is 37.0 Å². The number of nitrogens with zero attached hydrogens (tertiary/aromatic N) is 2. The van der Waals surface area contributed by atoms with Gasteiger partial charge in [-0.3, -0.25) is 0 Å². The van der Waals surface area contributed by atoms with Gasteiger partial charge in [0.25, 0.3) is 0 Å². The number of rotatable bonds is 5. The Balaban J connectivity index is 1.62. The Morgan fingerprint density at radius 2 is 2.28 bits per heavy atom. The average Bonchev–Trinajstić information content (AvgIpc) is 2.91. The molecule has 7 heteroatoms. The van der Waals surface area contributed by atoms with Gasteiger partial charge in [-0.1, -0.05) is 0 Å². The first-order valence-corrected chi connectivity index (χ1v) is 8.74. The summed E-state index contributed by atoms with van der Waals surface area (Å²) < 4.78 is 26.4. The Hall–Kier alpha value is -0.660. The van der Waals surface area contributed by atoms with Crippen molar-refractivity contribution in [1.29, 1.82) is 0 Å². The largest absolute Gasteiger partial charge is 0.344 e. The first kappa shape index (κ1) is 12.4. The summed E-state index contributed by atoms with van der Waals surface area (Å²) in [6, 6.07) is 0.254. The fraction of sp³-hybridized carbons (Fsp3) is 0.727. The van der Waals surface area contributed by atoms with Crippen LogP contribution in [0.25, 0.3) is 0 Å². The third kappa shape index (κ3) is 2.53. The highest BCUT2D eigenvalue weighted by atomic mass is 32.2.